The molecule has 0 radical (unpaired) electrons. The van der Waals surface area contributed by atoms with E-state index in [1.54, 1.807) is 30.3 Å². The number of thiophene rings is 1. The van der Waals surface area contributed by atoms with Gasteiger partial charge in [0.15, 0.2) is 5.58 Å². The molecule has 10 heteroatoms. The highest BCUT2D eigenvalue weighted by atomic mass is 32.2. The third kappa shape index (κ3) is 4.03. The number of rotatable bonds is 7. The third-order valence-electron chi connectivity index (χ3n) is 4.06. The largest absolute Gasteiger partial charge is 0.356 e. The molecule has 1 aromatic carbocycles. The lowest BCUT2D eigenvalue weighted by molar-refractivity contribution is 0.448. The van der Waals surface area contributed by atoms with Gasteiger partial charge in [-0.3, -0.25) is 4.79 Å². The van der Waals surface area contributed by atoms with E-state index in [0.29, 0.717) is 22.4 Å². The van der Waals surface area contributed by atoms with Crippen LogP contribution >= 0.6 is 11.3 Å². The summed E-state index contributed by atoms with van der Waals surface area (Å²) in [5, 5.41) is 10.7. The van der Waals surface area contributed by atoms with Crippen LogP contribution in [0.3, 0.4) is 0 Å². The number of para-hydroxylation sites is 1. The maximum Gasteiger partial charge on any atom is 0.266 e. The molecule has 3 aromatic heterocycles. The zero-order chi connectivity index (χ0) is 19.6. The van der Waals surface area contributed by atoms with Crippen molar-refractivity contribution in [2.75, 3.05) is 6.54 Å². The van der Waals surface area contributed by atoms with Crippen LogP contribution in [0.1, 0.15) is 5.69 Å². The fourth-order valence-electron chi connectivity index (χ4n) is 2.75. The first kappa shape index (κ1) is 18.5. The van der Waals surface area contributed by atoms with Gasteiger partial charge in [-0.15, -0.1) is 11.3 Å². The van der Waals surface area contributed by atoms with Gasteiger partial charge in [-0.05, 0) is 29.6 Å². The van der Waals surface area contributed by atoms with E-state index >= 15 is 0 Å². The minimum Gasteiger partial charge on any atom is -0.356 e. The molecule has 0 aliphatic heterocycles. The Morgan fingerprint density at radius 3 is 2.79 bits per heavy atom. The van der Waals surface area contributed by atoms with Crippen molar-refractivity contribution in [3.63, 3.8) is 0 Å². The monoisotopic (exact) mass is 416 g/mol. The van der Waals surface area contributed by atoms with E-state index in [9.17, 15) is 13.2 Å². The van der Waals surface area contributed by atoms with Crippen LogP contribution in [0.2, 0.25) is 0 Å². The van der Waals surface area contributed by atoms with Gasteiger partial charge in [0, 0.05) is 18.0 Å². The number of nitrogens with one attached hydrogen (secondary N) is 1. The summed E-state index contributed by atoms with van der Waals surface area (Å²) in [7, 11) is -3.65. The Hall–Kier alpha value is -2.82. The van der Waals surface area contributed by atoms with E-state index in [1.807, 2.05) is 17.5 Å². The van der Waals surface area contributed by atoms with Crippen molar-refractivity contribution >= 4 is 32.3 Å². The molecule has 8 nitrogen and oxygen atoms in total. The highest BCUT2D eigenvalue weighted by Crippen LogP contribution is 2.21. The molecule has 0 aliphatic rings. The fraction of sp³-hybridized carbons (Fsp3) is 0.167. The predicted octanol–water partition coefficient (Wildman–Crippen LogP) is 2.23. The SMILES string of the molecule is O=c1ccc(-c2cccs2)nn1CCNS(=O)(=O)Cc1noc2ccccc12. The van der Waals surface area contributed by atoms with Gasteiger partial charge in [0.1, 0.15) is 17.1 Å². The number of aromatic nitrogens is 3. The average molecular weight is 416 g/mol. The summed E-state index contributed by atoms with van der Waals surface area (Å²) in [6.45, 7) is 0.162. The summed E-state index contributed by atoms with van der Waals surface area (Å²) >= 11 is 1.52. The van der Waals surface area contributed by atoms with E-state index in [0.717, 1.165) is 4.88 Å². The minimum atomic E-state index is -3.65. The summed E-state index contributed by atoms with van der Waals surface area (Å²) in [6, 6.07) is 14.0. The Morgan fingerprint density at radius 1 is 1.11 bits per heavy atom. The Labute approximate surface area is 164 Å². The number of fused-ring (bicyclic) bond motifs is 1. The molecule has 0 bridgehead atoms. The van der Waals surface area contributed by atoms with E-state index < -0.39 is 10.0 Å². The first-order valence-corrected chi connectivity index (χ1v) is 11.0. The molecule has 0 fully saturated rings. The number of hydrogen-bond donors (Lipinski definition) is 1. The number of nitrogens with zero attached hydrogens (tertiary/aromatic N) is 3. The second-order valence-corrected chi connectivity index (χ2v) is 8.79. The molecule has 0 saturated carbocycles. The van der Waals surface area contributed by atoms with E-state index in [-0.39, 0.29) is 24.4 Å². The molecule has 144 valence electrons. The van der Waals surface area contributed by atoms with Gasteiger partial charge < -0.3 is 4.52 Å². The Kier molecular flexibility index (Phi) is 5.07. The van der Waals surface area contributed by atoms with Crippen LogP contribution in [-0.4, -0.2) is 29.9 Å². The maximum absolute atomic E-state index is 12.4. The molecule has 0 atom stereocenters. The van der Waals surface area contributed by atoms with Gasteiger partial charge in [-0.25, -0.2) is 17.8 Å². The van der Waals surface area contributed by atoms with Crippen molar-refractivity contribution in [2.45, 2.75) is 12.3 Å². The van der Waals surface area contributed by atoms with Crippen molar-refractivity contribution in [3.05, 3.63) is 70.0 Å². The van der Waals surface area contributed by atoms with Crippen LogP contribution in [-0.2, 0) is 22.3 Å². The Bertz CT molecular complexity index is 1260. The minimum absolute atomic E-state index is 0.0406. The lowest BCUT2D eigenvalue weighted by Gasteiger charge is -2.08. The van der Waals surface area contributed by atoms with Crippen LogP contribution in [0.15, 0.2) is 63.2 Å². The summed E-state index contributed by atoms with van der Waals surface area (Å²) in [6.07, 6.45) is 0. The molecule has 4 rings (SSSR count). The van der Waals surface area contributed by atoms with Gasteiger partial charge in [-0.2, -0.15) is 5.10 Å². The average Bonchev–Trinajstić information content (AvgIpc) is 3.34. The lowest BCUT2D eigenvalue weighted by atomic mass is 10.2. The van der Waals surface area contributed by atoms with Crippen LogP contribution in [0.5, 0.6) is 0 Å². The summed E-state index contributed by atoms with van der Waals surface area (Å²) < 4.78 is 33.6. The molecule has 0 saturated heterocycles. The Morgan fingerprint density at radius 2 is 1.96 bits per heavy atom. The topological polar surface area (TPSA) is 107 Å². The fourth-order valence-corrected chi connectivity index (χ4v) is 4.51. The normalized spacial score (nSPS) is 11.9. The summed E-state index contributed by atoms with van der Waals surface area (Å²) in [5.41, 5.74) is 1.26. The Balaban J connectivity index is 1.43. The second-order valence-electron chi connectivity index (χ2n) is 6.04. The standard InChI is InChI=1S/C18H16N4O4S2/c23-18-8-7-14(17-6-3-11-27-17)20-22(18)10-9-19-28(24,25)12-15-13-4-1-2-5-16(13)26-21-15/h1-8,11,19H,9-10,12H2. The van der Waals surface area contributed by atoms with Gasteiger partial charge >= 0.3 is 0 Å². The molecular formula is C18H16N4O4S2. The van der Waals surface area contributed by atoms with Gasteiger partial charge in [0.25, 0.3) is 5.56 Å². The zero-order valence-electron chi connectivity index (χ0n) is 14.6. The number of sulfonamides is 1. The summed E-state index contributed by atoms with van der Waals surface area (Å²) in [4.78, 5) is 12.9. The molecule has 4 aromatic rings. The van der Waals surface area contributed by atoms with E-state index in [2.05, 4.69) is 15.0 Å². The quantitative estimate of drug-likeness (QED) is 0.495. The van der Waals surface area contributed by atoms with Crippen LogP contribution in [0.25, 0.3) is 21.5 Å². The maximum atomic E-state index is 12.4. The summed E-state index contributed by atoms with van der Waals surface area (Å²) in [5.74, 6) is -0.304. The first-order chi connectivity index (χ1) is 13.5. The predicted molar refractivity (Wildman–Crippen MR) is 106 cm³/mol. The van der Waals surface area contributed by atoms with E-state index in [4.69, 9.17) is 4.52 Å². The smallest absolute Gasteiger partial charge is 0.266 e. The molecule has 0 amide bonds. The van der Waals surface area contributed by atoms with Gasteiger partial charge in [0.2, 0.25) is 10.0 Å². The lowest BCUT2D eigenvalue weighted by Crippen LogP contribution is -2.32. The molecule has 0 spiro atoms. The number of benzene rings is 1. The van der Waals surface area contributed by atoms with E-state index in [1.165, 1.54) is 22.1 Å². The molecule has 3 heterocycles. The van der Waals surface area contributed by atoms with Gasteiger partial charge in [-0.1, -0.05) is 23.4 Å². The molecule has 28 heavy (non-hydrogen) atoms. The van der Waals surface area contributed by atoms with Crippen molar-refractivity contribution in [3.8, 4) is 10.6 Å². The van der Waals surface area contributed by atoms with Crippen molar-refractivity contribution < 1.29 is 12.9 Å². The van der Waals surface area contributed by atoms with Crippen molar-refractivity contribution in [2.24, 2.45) is 0 Å². The molecule has 1 N–H and O–H groups in total. The highest BCUT2D eigenvalue weighted by molar-refractivity contribution is 7.88. The first-order valence-electron chi connectivity index (χ1n) is 8.44. The van der Waals surface area contributed by atoms with Crippen LogP contribution in [0, 0.1) is 0 Å². The van der Waals surface area contributed by atoms with Crippen molar-refractivity contribution in [1.29, 1.82) is 0 Å². The number of hydrogen-bond acceptors (Lipinski definition) is 7. The molecule has 0 unspecified atom stereocenters. The van der Waals surface area contributed by atoms with Crippen molar-refractivity contribution in [1.82, 2.24) is 19.7 Å². The second kappa shape index (κ2) is 7.66. The highest BCUT2D eigenvalue weighted by Gasteiger charge is 2.17. The third-order valence-corrected chi connectivity index (χ3v) is 6.25. The van der Waals surface area contributed by atoms with Crippen LogP contribution in [0.4, 0.5) is 0 Å². The zero-order valence-corrected chi connectivity index (χ0v) is 16.2. The van der Waals surface area contributed by atoms with Crippen LogP contribution < -0.4 is 10.3 Å². The molecule has 0 aliphatic carbocycles. The van der Waals surface area contributed by atoms with Gasteiger partial charge in [0.05, 0.1) is 11.4 Å². The molecular weight excluding hydrogens is 400 g/mol.